The van der Waals surface area contributed by atoms with Crippen molar-refractivity contribution in [2.24, 2.45) is 0 Å². The summed E-state index contributed by atoms with van der Waals surface area (Å²) < 4.78 is 0. The second-order valence-corrected chi connectivity index (χ2v) is 5.16. The van der Waals surface area contributed by atoms with Gasteiger partial charge in [-0.25, -0.2) is 0 Å². The summed E-state index contributed by atoms with van der Waals surface area (Å²) in [6.45, 7) is 2.83. The summed E-state index contributed by atoms with van der Waals surface area (Å²) in [5.74, 6) is 0.0796. The molecule has 0 atom stereocenters. The minimum atomic E-state index is 0.0796. The van der Waals surface area contributed by atoms with Crippen LogP contribution in [0.3, 0.4) is 0 Å². The van der Waals surface area contributed by atoms with Gasteiger partial charge in [0.1, 0.15) is 0 Å². The molecule has 1 saturated carbocycles. The summed E-state index contributed by atoms with van der Waals surface area (Å²) in [4.78, 5) is 18.6. The minimum absolute atomic E-state index is 0.0796. The molecule has 1 N–H and O–H groups in total. The van der Waals surface area contributed by atoms with Gasteiger partial charge in [0, 0.05) is 32.0 Å². The Kier molecular flexibility index (Phi) is 4.77. The first kappa shape index (κ1) is 13.8. The molecule has 0 bridgehead atoms. The number of pyridine rings is 1. The van der Waals surface area contributed by atoms with Crippen LogP contribution in [0.15, 0.2) is 18.5 Å². The number of hydrogen-bond acceptors (Lipinski definition) is 3. The van der Waals surface area contributed by atoms with Crippen molar-refractivity contribution < 1.29 is 4.79 Å². The highest BCUT2D eigenvalue weighted by Gasteiger charge is 2.24. The van der Waals surface area contributed by atoms with Gasteiger partial charge in [0.15, 0.2) is 0 Å². The lowest BCUT2D eigenvalue weighted by atomic mass is 9.94. The largest absolute Gasteiger partial charge is 0.385 e. The molecule has 2 rings (SSSR count). The maximum Gasteiger partial charge on any atom is 0.257 e. The number of nitrogens with one attached hydrogen (secondary N) is 1. The molecule has 1 heterocycles. The van der Waals surface area contributed by atoms with Crippen molar-refractivity contribution in [3.05, 3.63) is 24.0 Å². The van der Waals surface area contributed by atoms with E-state index in [1.165, 1.54) is 19.3 Å². The number of carbonyl (C=O) groups is 1. The van der Waals surface area contributed by atoms with E-state index in [2.05, 4.69) is 10.3 Å². The van der Waals surface area contributed by atoms with E-state index in [4.69, 9.17) is 0 Å². The van der Waals surface area contributed by atoms with Crippen LogP contribution in [0.2, 0.25) is 0 Å². The van der Waals surface area contributed by atoms with Gasteiger partial charge in [0.25, 0.3) is 5.91 Å². The van der Waals surface area contributed by atoms with Gasteiger partial charge in [0.05, 0.1) is 11.3 Å². The smallest absolute Gasteiger partial charge is 0.257 e. The Balaban J connectivity index is 2.13. The molecule has 1 aromatic rings. The lowest BCUT2D eigenvalue weighted by molar-refractivity contribution is 0.0697. The zero-order valence-corrected chi connectivity index (χ0v) is 11.9. The van der Waals surface area contributed by atoms with Crippen LogP contribution in [-0.4, -0.2) is 35.4 Å². The average Bonchev–Trinajstić information content (AvgIpc) is 2.47. The van der Waals surface area contributed by atoms with Crippen molar-refractivity contribution >= 4 is 11.6 Å². The van der Waals surface area contributed by atoms with Gasteiger partial charge in [0.2, 0.25) is 0 Å². The number of rotatable bonds is 4. The third-order valence-electron chi connectivity index (χ3n) is 3.86. The SMILES string of the molecule is CCNc1ccncc1C(=O)N(C)C1CCCCC1. The lowest BCUT2D eigenvalue weighted by Crippen LogP contribution is -2.38. The van der Waals surface area contributed by atoms with E-state index in [1.54, 1.807) is 12.4 Å². The molecule has 1 aliphatic carbocycles. The Bertz CT molecular complexity index is 427. The van der Waals surface area contributed by atoms with Crippen LogP contribution in [0, 0.1) is 0 Å². The van der Waals surface area contributed by atoms with Crippen LogP contribution in [0.25, 0.3) is 0 Å². The summed E-state index contributed by atoms with van der Waals surface area (Å²) in [6, 6.07) is 2.25. The van der Waals surface area contributed by atoms with Crippen molar-refractivity contribution in [2.75, 3.05) is 18.9 Å². The van der Waals surface area contributed by atoms with Gasteiger partial charge in [-0.05, 0) is 25.8 Å². The van der Waals surface area contributed by atoms with Crippen molar-refractivity contribution in [1.82, 2.24) is 9.88 Å². The van der Waals surface area contributed by atoms with E-state index in [1.807, 2.05) is 24.9 Å². The molecule has 4 nitrogen and oxygen atoms in total. The van der Waals surface area contributed by atoms with Crippen LogP contribution >= 0.6 is 0 Å². The Morgan fingerprint density at radius 3 is 2.84 bits per heavy atom. The van der Waals surface area contributed by atoms with E-state index < -0.39 is 0 Å². The summed E-state index contributed by atoms with van der Waals surface area (Å²) in [6.07, 6.45) is 9.39. The first-order valence-electron chi connectivity index (χ1n) is 7.19. The van der Waals surface area contributed by atoms with Crippen LogP contribution in [0.5, 0.6) is 0 Å². The Morgan fingerprint density at radius 2 is 2.16 bits per heavy atom. The van der Waals surface area contributed by atoms with E-state index in [9.17, 15) is 4.79 Å². The van der Waals surface area contributed by atoms with Crippen molar-refractivity contribution in [2.45, 2.75) is 45.1 Å². The van der Waals surface area contributed by atoms with Crippen molar-refractivity contribution in [3.8, 4) is 0 Å². The van der Waals surface area contributed by atoms with Crippen LogP contribution < -0.4 is 5.32 Å². The number of amides is 1. The molecule has 1 amide bonds. The molecule has 1 aliphatic rings. The fourth-order valence-corrected chi connectivity index (χ4v) is 2.73. The molecule has 0 aromatic carbocycles. The fraction of sp³-hybridized carbons (Fsp3) is 0.600. The summed E-state index contributed by atoms with van der Waals surface area (Å²) in [5, 5.41) is 3.23. The molecule has 0 aliphatic heterocycles. The van der Waals surface area contributed by atoms with Crippen LogP contribution in [0.4, 0.5) is 5.69 Å². The van der Waals surface area contributed by atoms with Crippen LogP contribution in [0.1, 0.15) is 49.4 Å². The molecule has 19 heavy (non-hydrogen) atoms. The Labute approximate surface area is 115 Å². The topological polar surface area (TPSA) is 45.2 Å². The highest BCUT2D eigenvalue weighted by molar-refractivity contribution is 5.99. The van der Waals surface area contributed by atoms with Gasteiger partial charge in [-0.2, -0.15) is 0 Å². The number of hydrogen-bond donors (Lipinski definition) is 1. The molecular weight excluding hydrogens is 238 g/mol. The maximum atomic E-state index is 12.6. The van der Waals surface area contributed by atoms with Crippen molar-refractivity contribution in [3.63, 3.8) is 0 Å². The van der Waals surface area contributed by atoms with E-state index in [0.717, 1.165) is 25.1 Å². The molecule has 1 aromatic heterocycles. The summed E-state index contributed by atoms with van der Waals surface area (Å²) in [7, 11) is 1.92. The average molecular weight is 261 g/mol. The normalized spacial score (nSPS) is 16.1. The second-order valence-electron chi connectivity index (χ2n) is 5.16. The second kappa shape index (κ2) is 6.55. The number of nitrogens with zero attached hydrogens (tertiary/aromatic N) is 2. The third-order valence-corrected chi connectivity index (χ3v) is 3.86. The molecule has 1 fully saturated rings. The predicted octanol–water partition coefficient (Wildman–Crippen LogP) is 2.92. The van der Waals surface area contributed by atoms with Crippen LogP contribution in [-0.2, 0) is 0 Å². The molecule has 0 radical (unpaired) electrons. The Hall–Kier alpha value is -1.58. The van der Waals surface area contributed by atoms with Crippen molar-refractivity contribution in [1.29, 1.82) is 0 Å². The lowest BCUT2D eigenvalue weighted by Gasteiger charge is -2.31. The Morgan fingerprint density at radius 1 is 1.42 bits per heavy atom. The van der Waals surface area contributed by atoms with Gasteiger partial charge in [-0.1, -0.05) is 19.3 Å². The molecule has 0 saturated heterocycles. The van der Waals surface area contributed by atoms with Gasteiger partial charge >= 0.3 is 0 Å². The quantitative estimate of drug-likeness (QED) is 0.906. The minimum Gasteiger partial charge on any atom is -0.385 e. The molecule has 0 spiro atoms. The predicted molar refractivity (Wildman–Crippen MR) is 77.4 cm³/mol. The third kappa shape index (κ3) is 3.25. The van der Waals surface area contributed by atoms with Gasteiger partial charge < -0.3 is 10.2 Å². The van der Waals surface area contributed by atoms with Gasteiger partial charge in [-0.3, -0.25) is 9.78 Å². The number of carbonyl (C=O) groups excluding carboxylic acids is 1. The van der Waals surface area contributed by atoms with E-state index >= 15 is 0 Å². The molecule has 4 heteroatoms. The number of aromatic nitrogens is 1. The zero-order chi connectivity index (χ0) is 13.7. The van der Waals surface area contributed by atoms with E-state index in [0.29, 0.717) is 11.6 Å². The standard InChI is InChI=1S/C15H23N3O/c1-3-17-14-9-10-16-11-13(14)15(19)18(2)12-7-5-4-6-8-12/h9-12H,3-8H2,1-2H3,(H,16,17). The highest BCUT2D eigenvalue weighted by Crippen LogP contribution is 2.24. The maximum absolute atomic E-state index is 12.6. The summed E-state index contributed by atoms with van der Waals surface area (Å²) >= 11 is 0. The monoisotopic (exact) mass is 261 g/mol. The molecule has 0 unspecified atom stereocenters. The highest BCUT2D eigenvalue weighted by atomic mass is 16.2. The molecule has 104 valence electrons. The molecular formula is C15H23N3O. The van der Waals surface area contributed by atoms with Gasteiger partial charge in [-0.15, -0.1) is 0 Å². The first-order chi connectivity index (χ1) is 9.24. The number of anilines is 1. The fourth-order valence-electron chi connectivity index (χ4n) is 2.73. The van der Waals surface area contributed by atoms with E-state index in [-0.39, 0.29) is 5.91 Å². The first-order valence-corrected chi connectivity index (χ1v) is 7.19. The zero-order valence-electron chi connectivity index (χ0n) is 11.9. The summed E-state index contributed by atoms with van der Waals surface area (Å²) in [5.41, 5.74) is 1.56.